The lowest BCUT2D eigenvalue weighted by atomic mass is 9.64. The maximum Gasteiger partial charge on any atom is 0.391 e. The van der Waals surface area contributed by atoms with Crippen molar-refractivity contribution in [1.82, 2.24) is 9.38 Å². The van der Waals surface area contributed by atoms with Crippen LogP contribution in [0, 0.1) is 11.3 Å². The molecule has 0 bridgehead atoms. The summed E-state index contributed by atoms with van der Waals surface area (Å²) in [7, 11) is -4.51. The molecule has 1 aliphatic rings. The van der Waals surface area contributed by atoms with Gasteiger partial charge in [0.25, 0.3) is 0 Å². The Morgan fingerprint density at radius 2 is 1.94 bits per heavy atom. The summed E-state index contributed by atoms with van der Waals surface area (Å²) in [6.07, 6.45) is 3.39. The molecule has 1 aromatic carbocycles. The maximum absolute atomic E-state index is 12.6. The van der Waals surface area contributed by atoms with E-state index in [1.54, 1.807) is 40.9 Å². The van der Waals surface area contributed by atoms with E-state index in [2.05, 4.69) is 24.1 Å². The van der Waals surface area contributed by atoms with Crippen molar-refractivity contribution in [3.05, 3.63) is 54.7 Å². The van der Waals surface area contributed by atoms with Crippen molar-refractivity contribution < 1.29 is 28.7 Å². The number of anilines is 1. The van der Waals surface area contributed by atoms with Crippen molar-refractivity contribution in [3.63, 3.8) is 0 Å². The number of hydrogen-bond donors (Lipinski definition) is 4. The Balaban J connectivity index is 1.48. The van der Waals surface area contributed by atoms with Crippen LogP contribution in [0.15, 0.2) is 59.1 Å². The van der Waals surface area contributed by atoms with Crippen LogP contribution in [0.4, 0.5) is 5.82 Å². The number of nitrogens with one attached hydrogen (secondary N) is 1. The van der Waals surface area contributed by atoms with Gasteiger partial charge >= 0.3 is 7.60 Å². The van der Waals surface area contributed by atoms with E-state index < -0.39 is 13.1 Å². The van der Waals surface area contributed by atoms with Gasteiger partial charge in [0.05, 0.1) is 11.9 Å². The van der Waals surface area contributed by atoms with E-state index in [4.69, 9.17) is 4.42 Å². The summed E-state index contributed by atoms with van der Waals surface area (Å²) >= 11 is 0. The fourth-order valence-corrected chi connectivity index (χ4v) is 5.00. The second-order valence-corrected chi connectivity index (χ2v) is 11.0. The fraction of sp³-hybridized carbons (Fsp3) is 0.250. The SMILES string of the molecule is CC1(C)CC(C(=O)Nc2cn3c(-c4cc(-c5ccc(P(=O)(O)O)o5)ccc4O)cccc3n2)C1. The Morgan fingerprint density at radius 3 is 2.62 bits per heavy atom. The van der Waals surface area contributed by atoms with Crippen LogP contribution in [-0.2, 0) is 9.36 Å². The number of phenols is 1. The number of furan rings is 1. The molecule has 1 aliphatic carbocycles. The van der Waals surface area contributed by atoms with Gasteiger partial charge in [-0.1, -0.05) is 19.9 Å². The van der Waals surface area contributed by atoms with Gasteiger partial charge in [-0.2, -0.15) is 0 Å². The summed E-state index contributed by atoms with van der Waals surface area (Å²) in [4.78, 5) is 35.7. The second kappa shape index (κ2) is 7.84. The molecule has 0 saturated heterocycles. The van der Waals surface area contributed by atoms with Crippen molar-refractivity contribution in [2.45, 2.75) is 26.7 Å². The predicted octanol–water partition coefficient (Wildman–Crippen LogP) is 4.14. The van der Waals surface area contributed by atoms with Crippen molar-refractivity contribution in [2.24, 2.45) is 11.3 Å². The van der Waals surface area contributed by atoms with Crippen LogP contribution in [0.5, 0.6) is 5.75 Å². The number of nitrogens with zero attached hydrogens (tertiary/aromatic N) is 2. The highest BCUT2D eigenvalue weighted by atomic mass is 31.2. The second-order valence-electron chi connectivity index (χ2n) is 9.44. The average Bonchev–Trinajstić information content (AvgIpc) is 3.39. The van der Waals surface area contributed by atoms with Crippen LogP contribution >= 0.6 is 7.60 Å². The van der Waals surface area contributed by atoms with Crippen LogP contribution in [0.2, 0.25) is 0 Å². The van der Waals surface area contributed by atoms with Crippen LogP contribution in [0.3, 0.4) is 0 Å². The van der Waals surface area contributed by atoms with E-state index in [0.717, 1.165) is 12.8 Å². The Labute approximate surface area is 195 Å². The largest absolute Gasteiger partial charge is 0.507 e. The van der Waals surface area contributed by atoms with E-state index >= 15 is 0 Å². The average molecular weight is 481 g/mol. The molecule has 176 valence electrons. The number of pyridine rings is 1. The van der Waals surface area contributed by atoms with Gasteiger partial charge in [-0.15, -0.1) is 0 Å². The molecule has 0 aliphatic heterocycles. The quantitative estimate of drug-likeness (QED) is 0.314. The third-order valence-corrected chi connectivity index (χ3v) is 6.96. The number of phenolic OH excluding ortho intramolecular Hbond substituents is 1. The predicted molar refractivity (Wildman–Crippen MR) is 127 cm³/mol. The molecule has 0 spiro atoms. The number of benzene rings is 1. The molecule has 4 aromatic rings. The molecule has 5 rings (SSSR count). The third kappa shape index (κ3) is 4.14. The van der Waals surface area contributed by atoms with Gasteiger partial charge in [-0.05, 0) is 60.7 Å². The molecule has 34 heavy (non-hydrogen) atoms. The van der Waals surface area contributed by atoms with E-state index in [9.17, 15) is 24.3 Å². The van der Waals surface area contributed by atoms with Crippen LogP contribution in [0.1, 0.15) is 26.7 Å². The lowest BCUT2D eigenvalue weighted by molar-refractivity contribution is -0.126. The Morgan fingerprint density at radius 1 is 1.18 bits per heavy atom. The first-order valence-electron chi connectivity index (χ1n) is 10.8. The minimum atomic E-state index is -4.51. The molecule has 3 heterocycles. The smallest absolute Gasteiger partial charge is 0.391 e. The summed E-state index contributed by atoms with van der Waals surface area (Å²) < 4.78 is 18.6. The van der Waals surface area contributed by atoms with E-state index in [-0.39, 0.29) is 28.7 Å². The number of rotatable bonds is 5. The minimum absolute atomic E-state index is 0.00834. The summed E-state index contributed by atoms with van der Waals surface area (Å²) in [6, 6.07) is 12.9. The highest BCUT2D eigenvalue weighted by Gasteiger charge is 2.40. The first-order valence-corrected chi connectivity index (χ1v) is 12.4. The van der Waals surface area contributed by atoms with Gasteiger partial charge in [0, 0.05) is 17.0 Å². The van der Waals surface area contributed by atoms with Crippen LogP contribution in [-0.4, -0.2) is 30.2 Å². The molecule has 0 atom stereocenters. The molecule has 9 nitrogen and oxygen atoms in total. The summed E-state index contributed by atoms with van der Waals surface area (Å²) in [5.74, 6) is 0.622. The van der Waals surface area contributed by atoms with Crippen molar-refractivity contribution in [2.75, 3.05) is 5.32 Å². The molecule has 3 aromatic heterocycles. The highest BCUT2D eigenvalue weighted by molar-refractivity contribution is 7.59. The zero-order chi connectivity index (χ0) is 24.3. The molecule has 0 unspecified atom stereocenters. The first kappa shape index (κ1) is 22.4. The van der Waals surface area contributed by atoms with Gasteiger partial charge in [0.2, 0.25) is 11.4 Å². The molecule has 1 amide bonds. The van der Waals surface area contributed by atoms with Crippen molar-refractivity contribution >= 4 is 30.5 Å². The van der Waals surface area contributed by atoms with E-state index in [1.807, 2.05) is 0 Å². The summed E-state index contributed by atoms with van der Waals surface area (Å²) in [6.45, 7) is 4.29. The number of carbonyl (C=O) groups is 1. The maximum atomic E-state index is 12.6. The number of aromatic nitrogens is 2. The van der Waals surface area contributed by atoms with Crippen LogP contribution in [0.25, 0.3) is 28.2 Å². The molecular formula is C24H24N3O6P. The Bertz CT molecular complexity index is 1460. The topological polar surface area (TPSA) is 137 Å². The lowest BCUT2D eigenvalue weighted by Crippen LogP contribution is -2.39. The number of aromatic hydroxyl groups is 1. The molecule has 10 heteroatoms. The normalized spacial score (nSPS) is 15.9. The minimum Gasteiger partial charge on any atom is -0.507 e. The first-order chi connectivity index (χ1) is 16.0. The highest BCUT2D eigenvalue weighted by Crippen LogP contribution is 2.45. The Hall–Kier alpha value is -3.39. The van der Waals surface area contributed by atoms with Gasteiger partial charge < -0.3 is 24.6 Å². The number of imidazole rings is 1. The Kier molecular flexibility index (Phi) is 5.16. The standard InChI is InChI=1S/C24H24N3O6P/c1-24(2)11-15(12-24)23(29)26-20-13-27-17(4-3-5-21(27)25-20)16-10-14(6-7-18(16)28)19-8-9-22(33-19)34(30,31)32/h3-10,13,15,28H,11-12H2,1-2H3,(H,26,29)(H2,30,31,32). The lowest BCUT2D eigenvalue weighted by Gasteiger charge is -2.41. The molecule has 4 N–H and O–H groups in total. The number of hydrogen-bond acceptors (Lipinski definition) is 5. The number of amides is 1. The van der Waals surface area contributed by atoms with E-state index in [0.29, 0.717) is 28.3 Å². The molecule has 1 saturated carbocycles. The van der Waals surface area contributed by atoms with Gasteiger partial charge in [0.15, 0.2) is 5.82 Å². The van der Waals surface area contributed by atoms with E-state index in [1.165, 1.54) is 18.2 Å². The van der Waals surface area contributed by atoms with Crippen LogP contribution < -0.4 is 10.8 Å². The van der Waals surface area contributed by atoms with Gasteiger partial charge in [-0.3, -0.25) is 13.8 Å². The molecular weight excluding hydrogens is 457 g/mol. The summed E-state index contributed by atoms with van der Waals surface area (Å²) in [5.41, 5.74) is 1.98. The number of carbonyl (C=O) groups excluding carboxylic acids is 1. The molecule has 1 fully saturated rings. The fourth-order valence-electron chi connectivity index (χ4n) is 4.51. The van der Waals surface area contributed by atoms with Crippen molar-refractivity contribution in [3.8, 4) is 28.3 Å². The van der Waals surface area contributed by atoms with Gasteiger partial charge in [0.1, 0.15) is 17.2 Å². The third-order valence-electron chi connectivity index (χ3n) is 6.15. The zero-order valence-corrected chi connectivity index (χ0v) is 19.5. The van der Waals surface area contributed by atoms with Crippen molar-refractivity contribution in [1.29, 1.82) is 0 Å². The van der Waals surface area contributed by atoms with Gasteiger partial charge in [-0.25, -0.2) is 4.98 Å². The zero-order valence-electron chi connectivity index (χ0n) is 18.6. The summed E-state index contributed by atoms with van der Waals surface area (Å²) in [5, 5.41) is 13.5. The monoisotopic (exact) mass is 481 g/mol. The molecule has 0 radical (unpaired) electrons. The number of fused-ring (bicyclic) bond motifs is 1.